The molecule has 3 rings (SSSR count). The fourth-order valence-electron chi connectivity index (χ4n) is 2.33. The van der Waals surface area contributed by atoms with Crippen LogP contribution in [0.25, 0.3) is 10.9 Å². The Morgan fingerprint density at radius 2 is 2.11 bits per heavy atom. The molecule has 0 aliphatic carbocycles. The Hall–Kier alpha value is -3.14. The summed E-state index contributed by atoms with van der Waals surface area (Å²) in [5.74, 6) is -0.0887. The number of carbonyl (C=O) groups excluding carboxylic acids is 2. The molecule has 9 nitrogen and oxygen atoms in total. The van der Waals surface area contributed by atoms with E-state index in [9.17, 15) is 14.4 Å². The highest BCUT2D eigenvalue weighted by Crippen LogP contribution is 2.18. The number of esters is 1. The molecular weight excluding hydrogens is 372 g/mol. The van der Waals surface area contributed by atoms with Gasteiger partial charge in [-0.25, -0.2) is 4.98 Å². The van der Waals surface area contributed by atoms with E-state index < -0.39 is 5.97 Å². The quantitative estimate of drug-likeness (QED) is 0.384. The minimum Gasteiger partial charge on any atom is -0.468 e. The van der Waals surface area contributed by atoms with Gasteiger partial charge >= 0.3 is 5.97 Å². The van der Waals surface area contributed by atoms with E-state index in [1.54, 1.807) is 37.3 Å². The molecule has 2 aromatic heterocycles. The van der Waals surface area contributed by atoms with E-state index in [2.05, 4.69) is 20.2 Å². The van der Waals surface area contributed by atoms with Crippen LogP contribution in [0.15, 0.2) is 44.8 Å². The van der Waals surface area contributed by atoms with Gasteiger partial charge in [0.25, 0.3) is 5.56 Å². The smallest absolute Gasteiger partial charge is 0.325 e. The molecule has 0 atom stereocenters. The zero-order valence-electron chi connectivity index (χ0n) is 14.6. The summed E-state index contributed by atoms with van der Waals surface area (Å²) >= 11 is 1.04. The van der Waals surface area contributed by atoms with Crippen LogP contribution in [0.4, 0.5) is 5.82 Å². The molecule has 1 amide bonds. The third kappa shape index (κ3) is 4.34. The lowest BCUT2D eigenvalue weighted by molar-refractivity contribution is -0.141. The van der Waals surface area contributed by atoms with Gasteiger partial charge in [-0.2, -0.15) is 0 Å². The largest absolute Gasteiger partial charge is 0.468 e. The number of aromatic nitrogens is 3. The molecule has 27 heavy (non-hydrogen) atoms. The zero-order valence-corrected chi connectivity index (χ0v) is 15.4. The number of para-hydroxylation sites is 1. The standard InChI is InChI=1S/C17H16N4O5S/c1-10-7-13(20-26-10)19-14(22)9-27-17-18-12-6-4-3-5-11(12)16(24)21(17)8-15(23)25-2/h3-7H,8-9H2,1-2H3,(H,19,20,22). The number of benzene rings is 1. The Morgan fingerprint density at radius 3 is 2.81 bits per heavy atom. The van der Waals surface area contributed by atoms with Crippen LogP contribution < -0.4 is 10.9 Å². The summed E-state index contributed by atoms with van der Waals surface area (Å²) in [6.45, 7) is 1.42. The lowest BCUT2D eigenvalue weighted by Gasteiger charge is -2.11. The SMILES string of the molecule is COC(=O)Cn1c(SCC(=O)Nc2cc(C)on2)nc2ccccc2c1=O. The number of hydrogen-bond acceptors (Lipinski definition) is 8. The predicted molar refractivity (Wildman–Crippen MR) is 98.6 cm³/mol. The summed E-state index contributed by atoms with van der Waals surface area (Å²) in [5.41, 5.74) is 0.111. The van der Waals surface area contributed by atoms with Gasteiger partial charge in [0.2, 0.25) is 5.91 Å². The van der Waals surface area contributed by atoms with Gasteiger partial charge in [0.05, 0.1) is 23.8 Å². The molecule has 1 aromatic carbocycles. The molecule has 140 valence electrons. The summed E-state index contributed by atoms with van der Waals surface area (Å²) in [4.78, 5) is 40.9. The van der Waals surface area contributed by atoms with Crippen molar-refractivity contribution >= 4 is 40.4 Å². The van der Waals surface area contributed by atoms with Crippen molar-refractivity contribution in [1.29, 1.82) is 0 Å². The number of aryl methyl sites for hydroxylation is 1. The third-order valence-electron chi connectivity index (χ3n) is 3.57. The Bertz CT molecular complexity index is 1060. The number of nitrogens with one attached hydrogen (secondary N) is 1. The molecule has 0 fully saturated rings. The number of methoxy groups -OCH3 is 1. The monoisotopic (exact) mass is 388 g/mol. The lowest BCUT2D eigenvalue weighted by Crippen LogP contribution is -2.28. The van der Waals surface area contributed by atoms with Crippen LogP contribution in [0.3, 0.4) is 0 Å². The van der Waals surface area contributed by atoms with Crippen molar-refractivity contribution in [2.75, 3.05) is 18.2 Å². The number of ether oxygens (including phenoxy) is 1. The molecule has 0 saturated carbocycles. The first-order valence-electron chi connectivity index (χ1n) is 7.90. The van der Waals surface area contributed by atoms with E-state index >= 15 is 0 Å². The first kappa shape index (κ1) is 18.6. The molecule has 0 aliphatic rings. The molecule has 0 radical (unpaired) electrons. The van der Waals surface area contributed by atoms with Crippen LogP contribution in [0.2, 0.25) is 0 Å². The van der Waals surface area contributed by atoms with E-state index in [-0.39, 0.29) is 28.9 Å². The molecule has 0 unspecified atom stereocenters. The molecule has 10 heteroatoms. The maximum absolute atomic E-state index is 12.7. The van der Waals surface area contributed by atoms with Gasteiger partial charge in [-0.05, 0) is 19.1 Å². The number of hydrogen-bond donors (Lipinski definition) is 1. The number of fused-ring (bicyclic) bond motifs is 1. The average molecular weight is 388 g/mol. The molecule has 0 spiro atoms. The molecule has 2 heterocycles. The highest BCUT2D eigenvalue weighted by Gasteiger charge is 2.16. The van der Waals surface area contributed by atoms with Crippen LogP contribution in [0.5, 0.6) is 0 Å². The van der Waals surface area contributed by atoms with Gasteiger partial charge in [-0.1, -0.05) is 29.1 Å². The molecular formula is C17H16N4O5S. The first-order valence-corrected chi connectivity index (χ1v) is 8.89. The van der Waals surface area contributed by atoms with Gasteiger partial charge < -0.3 is 14.6 Å². The molecule has 0 bridgehead atoms. The highest BCUT2D eigenvalue weighted by atomic mass is 32.2. The normalized spacial score (nSPS) is 10.7. The van der Waals surface area contributed by atoms with E-state index in [1.165, 1.54) is 11.7 Å². The predicted octanol–water partition coefficient (Wildman–Crippen LogP) is 1.60. The Kier molecular flexibility index (Phi) is 5.55. The van der Waals surface area contributed by atoms with Crippen LogP contribution in [0, 0.1) is 6.92 Å². The second-order valence-corrected chi connectivity index (χ2v) is 6.48. The van der Waals surface area contributed by atoms with Crippen LogP contribution in [-0.4, -0.2) is 39.4 Å². The van der Waals surface area contributed by atoms with E-state index in [4.69, 9.17) is 4.52 Å². The third-order valence-corrected chi connectivity index (χ3v) is 4.55. The number of rotatable bonds is 6. The topological polar surface area (TPSA) is 116 Å². The maximum atomic E-state index is 12.7. The number of thioether (sulfide) groups is 1. The van der Waals surface area contributed by atoms with Crippen molar-refractivity contribution < 1.29 is 18.8 Å². The minimum absolute atomic E-state index is 0.0299. The number of nitrogens with zero attached hydrogens (tertiary/aromatic N) is 3. The minimum atomic E-state index is -0.585. The van der Waals surface area contributed by atoms with Crippen molar-refractivity contribution in [3.05, 3.63) is 46.4 Å². The Morgan fingerprint density at radius 1 is 1.33 bits per heavy atom. The van der Waals surface area contributed by atoms with Gasteiger partial charge in [0.15, 0.2) is 11.0 Å². The molecule has 0 saturated heterocycles. The molecule has 3 aromatic rings. The lowest BCUT2D eigenvalue weighted by atomic mass is 10.2. The summed E-state index contributed by atoms with van der Waals surface area (Å²) in [5, 5.41) is 6.90. The molecule has 0 aliphatic heterocycles. The van der Waals surface area contributed by atoms with Crippen molar-refractivity contribution in [2.45, 2.75) is 18.6 Å². The Balaban J connectivity index is 1.85. The summed E-state index contributed by atoms with van der Waals surface area (Å²) in [6, 6.07) is 8.39. The molecule has 1 N–H and O–H groups in total. The van der Waals surface area contributed by atoms with Crippen LogP contribution in [0.1, 0.15) is 5.76 Å². The van der Waals surface area contributed by atoms with E-state index in [0.29, 0.717) is 22.5 Å². The first-order chi connectivity index (χ1) is 13.0. The highest BCUT2D eigenvalue weighted by molar-refractivity contribution is 7.99. The number of anilines is 1. The van der Waals surface area contributed by atoms with Gasteiger partial charge in [-0.3, -0.25) is 19.0 Å². The fourth-order valence-corrected chi connectivity index (χ4v) is 3.12. The van der Waals surface area contributed by atoms with Crippen molar-refractivity contribution in [1.82, 2.24) is 14.7 Å². The van der Waals surface area contributed by atoms with E-state index in [0.717, 1.165) is 11.8 Å². The second-order valence-electron chi connectivity index (χ2n) is 5.54. The number of amides is 1. The van der Waals surface area contributed by atoms with Crippen molar-refractivity contribution in [2.24, 2.45) is 0 Å². The van der Waals surface area contributed by atoms with Crippen LogP contribution >= 0.6 is 11.8 Å². The maximum Gasteiger partial charge on any atom is 0.325 e. The van der Waals surface area contributed by atoms with Gasteiger partial charge in [-0.15, -0.1) is 0 Å². The summed E-state index contributed by atoms with van der Waals surface area (Å²) < 4.78 is 10.7. The summed E-state index contributed by atoms with van der Waals surface area (Å²) in [7, 11) is 1.24. The average Bonchev–Trinajstić information content (AvgIpc) is 3.07. The van der Waals surface area contributed by atoms with Crippen molar-refractivity contribution in [3.63, 3.8) is 0 Å². The van der Waals surface area contributed by atoms with Gasteiger partial charge in [0, 0.05) is 6.07 Å². The second kappa shape index (κ2) is 8.04. The van der Waals surface area contributed by atoms with Crippen LogP contribution in [-0.2, 0) is 20.9 Å². The van der Waals surface area contributed by atoms with E-state index in [1.807, 2.05) is 0 Å². The van der Waals surface area contributed by atoms with Crippen molar-refractivity contribution in [3.8, 4) is 0 Å². The number of carbonyl (C=O) groups is 2. The summed E-state index contributed by atoms with van der Waals surface area (Å²) in [6.07, 6.45) is 0. The Labute approximate surface area is 157 Å². The zero-order chi connectivity index (χ0) is 19.4. The van der Waals surface area contributed by atoms with Gasteiger partial charge in [0.1, 0.15) is 12.3 Å². The fraction of sp³-hybridized carbons (Fsp3) is 0.235.